The molecule has 0 spiro atoms. The van der Waals surface area contributed by atoms with Gasteiger partial charge in [0.25, 0.3) is 0 Å². The summed E-state index contributed by atoms with van der Waals surface area (Å²) in [5.41, 5.74) is 7.89. The Bertz CT molecular complexity index is 642. The number of nitrogens with one attached hydrogen (secondary N) is 2. The second-order valence-corrected chi connectivity index (χ2v) is 10.4. The van der Waals surface area contributed by atoms with Crippen LogP contribution in [0, 0.1) is 5.92 Å². The van der Waals surface area contributed by atoms with Gasteiger partial charge in [-0.3, -0.25) is 4.79 Å². The fourth-order valence-electron chi connectivity index (χ4n) is 3.99. The smallest absolute Gasteiger partial charge is 0.239 e. The minimum atomic E-state index is -0.333. The first-order valence-corrected chi connectivity index (χ1v) is 13.0. The van der Waals surface area contributed by atoms with Crippen molar-refractivity contribution in [2.24, 2.45) is 11.7 Å². The van der Waals surface area contributed by atoms with E-state index >= 15 is 0 Å². The van der Waals surface area contributed by atoms with Crippen molar-refractivity contribution in [1.29, 1.82) is 0 Å². The first-order valence-electron chi connectivity index (χ1n) is 10.5. The number of allylic oxidation sites excluding steroid dienone is 6. The highest BCUT2D eigenvalue weighted by Gasteiger charge is 2.21. The summed E-state index contributed by atoms with van der Waals surface area (Å²) in [4.78, 5) is 11.9. The van der Waals surface area contributed by atoms with Crippen molar-refractivity contribution in [3.05, 3.63) is 47.7 Å². The van der Waals surface area contributed by atoms with E-state index in [2.05, 4.69) is 34.9 Å². The average molecular weight is 420 g/mol. The maximum absolute atomic E-state index is 11.9. The van der Waals surface area contributed by atoms with E-state index in [1.54, 1.807) is 0 Å². The maximum atomic E-state index is 11.9. The minimum Gasteiger partial charge on any atom is -0.374 e. The zero-order chi connectivity index (χ0) is 19.6. The number of rotatable bonds is 1. The lowest BCUT2D eigenvalue weighted by molar-refractivity contribution is -0.120. The van der Waals surface area contributed by atoms with Crippen LogP contribution >= 0.6 is 21.6 Å². The molecule has 3 atom stereocenters. The third-order valence-corrected chi connectivity index (χ3v) is 8.09. The molecule has 1 amide bonds. The highest BCUT2D eigenvalue weighted by atomic mass is 33.1. The Morgan fingerprint density at radius 1 is 1.04 bits per heavy atom. The molecule has 0 radical (unpaired) electrons. The fourth-order valence-corrected chi connectivity index (χ4v) is 6.52. The fraction of sp³-hybridized carbons (Fsp3) is 0.591. The first-order chi connectivity index (χ1) is 13.7. The van der Waals surface area contributed by atoms with Crippen molar-refractivity contribution in [2.45, 2.75) is 57.0 Å². The van der Waals surface area contributed by atoms with E-state index in [-0.39, 0.29) is 11.9 Å². The quantitative estimate of drug-likeness (QED) is 0.559. The van der Waals surface area contributed by atoms with Gasteiger partial charge in [-0.2, -0.15) is 0 Å². The van der Waals surface area contributed by atoms with Gasteiger partial charge in [0.05, 0.1) is 0 Å². The van der Waals surface area contributed by atoms with Crippen molar-refractivity contribution >= 4 is 27.5 Å². The number of hydrogen-bond acceptors (Lipinski definition) is 5. The Labute approximate surface area is 177 Å². The van der Waals surface area contributed by atoms with Crippen LogP contribution in [0.25, 0.3) is 0 Å². The third-order valence-electron chi connectivity index (χ3n) is 5.61. The molecule has 0 aromatic rings. The standard InChI is InChI=1S/C22H33N3OS2/c23-22(26)21-10-5-13-24-20-9-4-2-7-18(14-20)16-28-27-15-17-6-1-3-8-19(25-21)12-11-17/h1,3,6,8,11-12,18,20-21,24-25H,2,4-5,7,9-10,13-16H2,(H2,23,26)/b3-1?,6-1?,8-3+,12-11?,17-6?,17-11?,19-8?,19-12+. The monoisotopic (exact) mass is 419 g/mol. The van der Waals surface area contributed by atoms with Crippen LogP contribution in [-0.2, 0) is 4.79 Å². The molecular formula is C22H33N3OS2. The maximum Gasteiger partial charge on any atom is 0.239 e. The number of carbonyl (C=O) groups is 1. The first kappa shape index (κ1) is 21.6. The molecule has 4 nitrogen and oxygen atoms in total. The Kier molecular flexibility index (Phi) is 9.09. The van der Waals surface area contributed by atoms with Gasteiger partial charge in [0.15, 0.2) is 0 Å². The zero-order valence-corrected chi connectivity index (χ0v) is 18.2. The molecule has 0 aromatic heterocycles. The third kappa shape index (κ3) is 7.37. The summed E-state index contributed by atoms with van der Waals surface area (Å²) in [7, 11) is 3.97. The summed E-state index contributed by atoms with van der Waals surface area (Å²) in [6, 6.07) is 0.285. The summed E-state index contributed by atoms with van der Waals surface area (Å²) in [5.74, 6) is 2.76. The largest absolute Gasteiger partial charge is 0.374 e. The normalized spacial score (nSPS) is 33.1. The van der Waals surface area contributed by atoms with E-state index in [0.717, 1.165) is 36.8 Å². The van der Waals surface area contributed by atoms with Crippen molar-refractivity contribution in [2.75, 3.05) is 18.1 Å². The Balaban J connectivity index is 1.70. The molecule has 0 saturated heterocycles. The van der Waals surface area contributed by atoms with Gasteiger partial charge in [0, 0.05) is 23.2 Å². The molecule has 154 valence electrons. The van der Waals surface area contributed by atoms with Crippen LogP contribution in [0.1, 0.15) is 44.9 Å². The molecule has 1 fully saturated rings. The van der Waals surface area contributed by atoms with Crippen LogP contribution in [0.4, 0.5) is 0 Å². The SMILES string of the molecule is NC(=O)C1CCCNC2CCCCC(CSSCC3=C/C=C(\C=C\C=C3)N1)C2. The van der Waals surface area contributed by atoms with Crippen molar-refractivity contribution < 1.29 is 4.79 Å². The molecule has 2 aliphatic carbocycles. The molecule has 6 heteroatoms. The van der Waals surface area contributed by atoms with E-state index in [4.69, 9.17) is 5.73 Å². The molecule has 0 aromatic carbocycles. The lowest BCUT2D eigenvalue weighted by atomic mass is 10.00. The Morgan fingerprint density at radius 2 is 1.89 bits per heavy atom. The van der Waals surface area contributed by atoms with Gasteiger partial charge < -0.3 is 16.4 Å². The lowest BCUT2D eigenvalue weighted by Crippen LogP contribution is -2.41. The molecule has 1 saturated carbocycles. The van der Waals surface area contributed by atoms with E-state index < -0.39 is 0 Å². The molecular weight excluding hydrogens is 386 g/mol. The van der Waals surface area contributed by atoms with Crippen LogP contribution < -0.4 is 16.4 Å². The molecule has 3 unspecified atom stereocenters. The predicted octanol–water partition coefficient (Wildman–Crippen LogP) is 4.08. The molecule has 1 heterocycles. The zero-order valence-electron chi connectivity index (χ0n) is 16.6. The topological polar surface area (TPSA) is 67.2 Å². The second-order valence-electron chi connectivity index (χ2n) is 7.91. The van der Waals surface area contributed by atoms with E-state index in [0.29, 0.717) is 6.04 Å². The molecule has 4 bridgehead atoms. The summed E-state index contributed by atoms with van der Waals surface area (Å²) in [6.07, 6.45) is 20.8. The average Bonchev–Trinajstić information content (AvgIpc) is 2.89. The number of hydrogen-bond donors (Lipinski definition) is 3. The van der Waals surface area contributed by atoms with Gasteiger partial charge in [-0.25, -0.2) is 0 Å². The van der Waals surface area contributed by atoms with Crippen LogP contribution in [0.2, 0.25) is 0 Å². The summed E-state index contributed by atoms with van der Waals surface area (Å²) in [6.45, 7) is 0.951. The van der Waals surface area contributed by atoms with Crippen molar-refractivity contribution in [3.63, 3.8) is 0 Å². The Hall–Kier alpha value is -1.11. The lowest BCUT2D eigenvalue weighted by Gasteiger charge is -2.22. The van der Waals surface area contributed by atoms with Crippen LogP contribution in [0.5, 0.6) is 0 Å². The van der Waals surface area contributed by atoms with Gasteiger partial charge in [-0.15, -0.1) is 0 Å². The summed E-state index contributed by atoms with van der Waals surface area (Å²) < 4.78 is 0. The van der Waals surface area contributed by atoms with E-state index in [1.807, 2.05) is 33.7 Å². The van der Waals surface area contributed by atoms with Crippen molar-refractivity contribution in [3.8, 4) is 0 Å². The highest BCUT2D eigenvalue weighted by molar-refractivity contribution is 8.76. The molecule has 1 aliphatic heterocycles. The predicted molar refractivity (Wildman–Crippen MR) is 123 cm³/mol. The highest BCUT2D eigenvalue weighted by Crippen LogP contribution is 2.32. The Morgan fingerprint density at radius 3 is 2.79 bits per heavy atom. The molecule has 28 heavy (non-hydrogen) atoms. The summed E-state index contributed by atoms with van der Waals surface area (Å²) in [5, 5.41) is 7.09. The van der Waals surface area contributed by atoms with Gasteiger partial charge in [-0.05, 0) is 62.3 Å². The minimum absolute atomic E-state index is 0.282. The molecule has 3 aliphatic rings. The van der Waals surface area contributed by atoms with Crippen LogP contribution in [-0.4, -0.2) is 36.0 Å². The molecule has 4 N–H and O–H groups in total. The molecule has 3 rings (SSSR count). The van der Waals surface area contributed by atoms with Crippen molar-refractivity contribution in [1.82, 2.24) is 10.6 Å². The number of carbonyl (C=O) groups excluding carboxylic acids is 1. The number of nitrogens with two attached hydrogens (primary N) is 1. The van der Waals surface area contributed by atoms with E-state index in [1.165, 1.54) is 43.4 Å². The van der Waals surface area contributed by atoms with Crippen LogP contribution in [0.3, 0.4) is 0 Å². The second kappa shape index (κ2) is 11.8. The summed E-state index contributed by atoms with van der Waals surface area (Å²) >= 11 is 0. The van der Waals surface area contributed by atoms with Gasteiger partial charge in [0.2, 0.25) is 5.91 Å². The van der Waals surface area contributed by atoms with E-state index in [9.17, 15) is 4.79 Å². The van der Waals surface area contributed by atoms with Gasteiger partial charge in [0.1, 0.15) is 6.04 Å². The van der Waals surface area contributed by atoms with Crippen LogP contribution in [0.15, 0.2) is 47.7 Å². The number of fused-ring (bicyclic) bond motifs is 3. The number of amides is 1. The van der Waals surface area contributed by atoms with Gasteiger partial charge in [-0.1, -0.05) is 58.7 Å². The number of primary amides is 1. The van der Waals surface area contributed by atoms with Gasteiger partial charge >= 0.3 is 0 Å².